The van der Waals surface area contributed by atoms with Crippen molar-refractivity contribution in [2.45, 2.75) is 26.9 Å². The second-order valence-corrected chi connectivity index (χ2v) is 4.76. The lowest BCUT2D eigenvalue weighted by Gasteiger charge is -2.24. The highest BCUT2D eigenvalue weighted by Crippen LogP contribution is 2.23. The van der Waals surface area contributed by atoms with Crippen LogP contribution in [0.3, 0.4) is 0 Å². The Morgan fingerprint density at radius 3 is 2.25 bits per heavy atom. The molecule has 1 atom stereocenters. The van der Waals surface area contributed by atoms with E-state index in [0.29, 0.717) is 0 Å². The molecule has 1 aromatic rings. The summed E-state index contributed by atoms with van der Waals surface area (Å²) in [5, 5.41) is 9.70. The van der Waals surface area contributed by atoms with Gasteiger partial charge in [-0.3, -0.25) is 4.79 Å². The second-order valence-electron chi connectivity index (χ2n) is 4.76. The van der Waals surface area contributed by atoms with Crippen LogP contribution >= 0.6 is 0 Å². The highest BCUT2D eigenvalue weighted by Gasteiger charge is 2.30. The van der Waals surface area contributed by atoms with E-state index < -0.39 is 28.9 Å². The molecule has 0 spiro atoms. The molecule has 0 amide bonds. The molecule has 1 N–H and O–H groups in total. The Morgan fingerprint density at radius 2 is 1.81 bits per heavy atom. The fraction of sp³-hybridized carbons (Fsp3) is 0.417. The molecule has 0 aliphatic rings. The minimum absolute atomic E-state index is 0.0266. The highest BCUT2D eigenvalue weighted by molar-refractivity contribution is 5.99. The van der Waals surface area contributed by atoms with Gasteiger partial charge in [0.25, 0.3) is 0 Å². The molecule has 0 aromatic heterocycles. The molecular weight excluding hydrogens is 214 g/mol. The van der Waals surface area contributed by atoms with Gasteiger partial charge in [0.1, 0.15) is 6.10 Å². The molecular formula is C12H14F2O2. The fourth-order valence-corrected chi connectivity index (χ4v) is 1.20. The number of carbonyl (C=O) groups excluding carboxylic acids is 1. The van der Waals surface area contributed by atoms with E-state index in [9.17, 15) is 18.7 Å². The van der Waals surface area contributed by atoms with Gasteiger partial charge < -0.3 is 5.11 Å². The van der Waals surface area contributed by atoms with Crippen molar-refractivity contribution in [3.8, 4) is 0 Å². The van der Waals surface area contributed by atoms with Crippen LogP contribution < -0.4 is 0 Å². The summed E-state index contributed by atoms with van der Waals surface area (Å²) in [6.45, 7) is 5.07. The van der Waals surface area contributed by atoms with E-state index in [1.54, 1.807) is 20.8 Å². The molecule has 16 heavy (non-hydrogen) atoms. The Morgan fingerprint density at radius 1 is 1.25 bits per heavy atom. The molecule has 0 saturated heterocycles. The fourth-order valence-electron chi connectivity index (χ4n) is 1.20. The summed E-state index contributed by atoms with van der Waals surface area (Å²) in [5.41, 5.74) is -0.664. The zero-order valence-corrected chi connectivity index (χ0v) is 9.42. The van der Waals surface area contributed by atoms with Crippen molar-refractivity contribution in [2.75, 3.05) is 0 Å². The first kappa shape index (κ1) is 12.8. The first-order valence-corrected chi connectivity index (χ1v) is 4.91. The van der Waals surface area contributed by atoms with Crippen LogP contribution in [0.15, 0.2) is 18.2 Å². The van der Waals surface area contributed by atoms with Crippen LogP contribution in [0.2, 0.25) is 0 Å². The van der Waals surface area contributed by atoms with E-state index in [0.717, 1.165) is 18.2 Å². The lowest BCUT2D eigenvalue weighted by Crippen LogP contribution is -2.34. The van der Waals surface area contributed by atoms with Gasteiger partial charge in [-0.05, 0) is 23.6 Å². The summed E-state index contributed by atoms with van der Waals surface area (Å²) in [6.07, 6.45) is -1.24. The van der Waals surface area contributed by atoms with Crippen LogP contribution in [0.4, 0.5) is 8.78 Å². The molecule has 2 nitrogen and oxygen atoms in total. The lowest BCUT2D eigenvalue weighted by atomic mass is 9.84. The smallest absolute Gasteiger partial charge is 0.191 e. The van der Waals surface area contributed by atoms with Crippen LogP contribution in [0.1, 0.15) is 31.1 Å². The largest absolute Gasteiger partial charge is 0.384 e. The van der Waals surface area contributed by atoms with Gasteiger partial charge in [0.15, 0.2) is 17.4 Å². The van der Waals surface area contributed by atoms with Crippen molar-refractivity contribution in [1.29, 1.82) is 0 Å². The number of hydrogen-bond donors (Lipinski definition) is 1. The third-order valence-corrected chi connectivity index (χ3v) is 2.27. The van der Waals surface area contributed by atoms with E-state index in [2.05, 4.69) is 0 Å². The molecule has 0 heterocycles. The minimum atomic E-state index is -1.24. The van der Waals surface area contributed by atoms with Gasteiger partial charge in [-0.25, -0.2) is 8.78 Å². The van der Waals surface area contributed by atoms with Crippen molar-refractivity contribution in [3.63, 3.8) is 0 Å². The van der Waals surface area contributed by atoms with Gasteiger partial charge in [-0.2, -0.15) is 0 Å². The lowest BCUT2D eigenvalue weighted by molar-refractivity contribution is 0.0442. The number of halogens is 2. The van der Waals surface area contributed by atoms with E-state index >= 15 is 0 Å². The Bertz CT molecular complexity index is 408. The molecule has 4 heteroatoms. The Labute approximate surface area is 92.9 Å². The average molecular weight is 228 g/mol. The number of aliphatic hydroxyl groups excluding tert-OH is 1. The molecule has 0 saturated carbocycles. The molecule has 0 aliphatic carbocycles. The summed E-state index contributed by atoms with van der Waals surface area (Å²) >= 11 is 0. The van der Waals surface area contributed by atoms with E-state index in [4.69, 9.17) is 0 Å². The van der Waals surface area contributed by atoms with Crippen molar-refractivity contribution in [2.24, 2.45) is 5.41 Å². The van der Waals surface area contributed by atoms with Crippen LogP contribution in [0.5, 0.6) is 0 Å². The minimum Gasteiger partial charge on any atom is -0.384 e. The predicted octanol–water partition coefficient (Wildman–Crippen LogP) is 2.55. The third-order valence-electron chi connectivity index (χ3n) is 2.27. The zero-order valence-electron chi connectivity index (χ0n) is 9.42. The van der Waals surface area contributed by atoms with Crippen molar-refractivity contribution >= 4 is 5.78 Å². The number of rotatable bonds is 2. The zero-order chi connectivity index (χ0) is 12.5. The average Bonchev–Trinajstić information content (AvgIpc) is 2.18. The summed E-state index contributed by atoms with van der Waals surface area (Å²) in [5.74, 6) is -2.71. The molecule has 1 aromatic carbocycles. The third kappa shape index (κ3) is 2.64. The molecule has 0 radical (unpaired) electrons. The van der Waals surface area contributed by atoms with E-state index in [1.165, 1.54) is 0 Å². The van der Waals surface area contributed by atoms with Gasteiger partial charge in [0, 0.05) is 5.56 Å². The monoisotopic (exact) mass is 228 g/mol. The Balaban J connectivity index is 3.02. The first-order chi connectivity index (χ1) is 7.23. The SMILES string of the molecule is CC(C)(C)C(O)C(=O)c1ccc(F)c(F)c1. The van der Waals surface area contributed by atoms with Crippen LogP contribution in [-0.4, -0.2) is 17.0 Å². The van der Waals surface area contributed by atoms with Gasteiger partial charge in [0.05, 0.1) is 0 Å². The number of Topliss-reactive ketones (excluding diaryl/α,β-unsaturated/α-hetero) is 1. The Kier molecular flexibility index (Phi) is 3.43. The summed E-state index contributed by atoms with van der Waals surface area (Å²) in [7, 11) is 0. The highest BCUT2D eigenvalue weighted by atomic mass is 19.2. The van der Waals surface area contributed by atoms with Gasteiger partial charge in [-0.1, -0.05) is 20.8 Å². The number of carbonyl (C=O) groups is 1. The van der Waals surface area contributed by atoms with Crippen molar-refractivity contribution in [3.05, 3.63) is 35.4 Å². The molecule has 1 rings (SSSR count). The maximum absolute atomic E-state index is 12.9. The van der Waals surface area contributed by atoms with E-state index in [-0.39, 0.29) is 5.56 Å². The Hall–Kier alpha value is -1.29. The van der Waals surface area contributed by atoms with Crippen LogP contribution in [0, 0.1) is 17.0 Å². The normalized spacial score (nSPS) is 13.6. The molecule has 0 fully saturated rings. The molecule has 0 bridgehead atoms. The molecule has 88 valence electrons. The topological polar surface area (TPSA) is 37.3 Å². The van der Waals surface area contributed by atoms with Crippen LogP contribution in [-0.2, 0) is 0 Å². The maximum Gasteiger partial charge on any atom is 0.191 e. The second kappa shape index (κ2) is 4.29. The molecule has 1 unspecified atom stereocenters. The number of ketones is 1. The predicted molar refractivity (Wildman–Crippen MR) is 56.2 cm³/mol. The number of hydrogen-bond acceptors (Lipinski definition) is 2. The standard InChI is InChI=1S/C12H14F2O2/c1-12(2,3)11(16)10(15)7-4-5-8(13)9(14)6-7/h4-6,11,16H,1-3H3. The quantitative estimate of drug-likeness (QED) is 0.790. The number of benzene rings is 1. The van der Waals surface area contributed by atoms with Gasteiger partial charge in [-0.15, -0.1) is 0 Å². The van der Waals surface area contributed by atoms with E-state index in [1.807, 2.05) is 0 Å². The summed E-state index contributed by atoms with van der Waals surface area (Å²) in [4.78, 5) is 11.7. The number of aliphatic hydroxyl groups is 1. The van der Waals surface area contributed by atoms with Crippen molar-refractivity contribution < 1.29 is 18.7 Å². The van der Waals surface area contributed by atoms with Gasteiger partial charge >= 0.3 is 0 Å². The summed E-state index contributed by atoms with van der Waals surface area (Å²) in [6, 6.07) is 2.83. The summed E-state index contributed by atoms with van der Waals surface area (Å²) < 4.78 is 25.5. The van der Waals surface area contributed by atoms with Crippen LogP contribution in [0.25, 0.3) is 0 Å². The maximum atomic E-state index is 12.9. The molecule has 0 aliphatic heterocycles. The first-order valence-electron chi connectivity index (χ1n) is 4.91. The van der Waals surface area contributed by atoms with Crippen molar-refractivity contribution in [1.82, 2.24) is 0 Å². The van der Waals surface area contributed by atoms with Gasteiger partial charge in [0.2, 0.25) is 0 Å².